The molecule has 4 rings (SSSR count). The van der Waals surface area contributed by atoms with Crippen molar-refractivity contribution in [1.29, 1.82) is 0 Å². The molecule has 0 aliphatic carbocycles. The third-order valence-corrected chi connectivity index (χ3v) is 5.21. The lowest BCUT2D eigenvalue weighted by atomic mass is 10.1. The fraction of sp³-hybridized carbons (Fsp3) is 0.476. The minimum absolute atomic E-state index is 0.634. The molecule has 3 heterocycles. The van der Waals surface area contributed by atoms with Crippen LogP contribution in [0.4, 0.5) is 11.8 Å². The Morgan fingerprint density at radius 1 is 1.07 bits per heavy atom. The zero-order valence-electron chi connectivity index (χ0n) is 17.2. The molecule has 8 heteroatoms. The van der Waals surface area contributed by atoms with Gasteiger partial charge >= 0.3 is 0 Å². The van der Waals surface area contributed by atoms with E-state index in [0.717, 1.165) is 62.7 Å². The van der Waals surface area contributed by atoms with Crippen molar-refractivity contribution in [3.05, 3.63) is 41.6 Å². The lowest BCUT2D eigenvalue weighted by Gasteiger charge is -2.26. The zero-order valence-corrected chi connectivity index (χ0v) is 17.2. The van der Waals surface area contributed by atoms with Crippen LogP contribution < -0.4 is 10.6 Å². The van der Waals surface area contributed by atoms with E-state index in [-0.39, 0.29) is 0 Å². The van der Waals surface area contributed by atoms with Gasteiger partial charge in [0.2, 0.25) is 5.95 Å². The van der Waals surface area contributed by atoms with Gasteiger partial charge in [0.1, 0.15) is 5.82 Å². The van der Waals surface area contributed by atoms with Crippen molar-refractivity contribution in [3.63, 3.8) is 0 Å². The maximum atomic E-state index is 5.40. The Morgan fingerprint density at radius 2 is 1.86 bits per heavy atom. The van der Waals surface area contributed by atoms with Gasteiger partial charge in [0.05, 0.1) is 24.8 Å². The average Bonchev–Trinajstić information content (AvgIpc) is 3.12. The van der Waals surface area contributed by atoms with Crippen LogP contribution in [-0.2, 0) is 18.3 Å². The summed E-state index contributed by atoms with van der Waals surface area (Å²) in [5.41, 5.74) is 3.29. The monoisotopic (exact) mass is 395 g/mol. The first-order valence-corrected chi connectivity index (χ1v) is 10.2. The maximum absolute atomic E-state index is 5.40. The first kappa shape index (κ1) is 19.6. The van der Waals surface area contributed by atoms with Crippen LogP contribution in [0.1, 0.15) is 17.5 Å². The van der Waals surface area contributed by atoms with Gasteiger partial charge in [0.25, 0.3) is 0 Å². The zero-order chi connectivity index (χ0) is 20.1. The van der Waals surface area contributed by atoms with Gasteiger partial charge in [-0.05, 0) is 25.5 Å². The molecular formula is C21H29N7O. The molecule has 0 saturated carbocycles. The van der Waals surface area contributed by atoms with E-state index in [1.54, 1.807) is 4.68 Å². The highest BCUT2D eigenvalue weighted by Gasteiger charge is 2.12. The summed E-state index contributed by atoms with van der Waals surface area (Å²) in [6.45, 7) is 8.40. The molecule has 8 nitrogen and oxygen atoms in total. The second kappa shape index (κ2) is 9.19. The summed E-state index contributed by atoms with van der Waals surface area (Å²) in [4.78, 5) is 11.8. The molecular weight excluding hydrogens is 366 g/mol. The van der Waals surface area contributed by atoms with Crippen molar-refractivity contribution in [1.82, 2.24) is 24.6 Å². The molecule has 1 aromatic carbocycles. The largest absolute Gasteiger partial charge is 0.379 e. The smallest absolute Gasteiger partial charge is 0.226 e. The standard InChI is InChI=1S/C21H29N7O/c1-16-4-6-17(7-5-16)14-23-19-18-15-24-27(2)20(18)26-21(25-19)22-8-3-9-28-10-12-29-13-11-28/h4-7,15H,3,8-14H2,1-2H3,(H2,22,23,25,26). The van der Waals surface area contributed by atoms with Gasteiger partial charge in [-0.3, -0.25) is 9.58 Å². The molecule has 0 bridgehead atoms. The highest BCUT2D eigenvalue weighted by Crippen LogP contribution is 2.22. The molecule has 2 aromatic heterocycles. The number of anilines is 2. The van der Waals surface area contributed by atoms with Gasteiger partial charge in [-0.25, -0.2) is 0 Å². The van der Waals surface area contributed by atoms with E-state index in [0.29, 0.717) is 12.5 Å². The average molecular weight is 396 g/mol. The number of nitrogens with zero attached hydrogens (tertiary/aromatic N) is 5. The van der Waals surface area contributed by atoms with E-state index < -0.39 is 0 Å². The highest BCUT2D eigenvalue weighted by molar-refractivity contribution is 5.87. The first-order chi connectivity index (χ1) is 14.2. The van der Waals surface area contributed by atoms with Crippen LogP contribution >= 0.6 is 0 Å². The molecule has 2 N–H and O–H groups in total. The van der Waals surface area contributed by atoms with Crippen molar-refractivity contribution in [2.45, 2.75) is 19.9 Å². The second-order valence-corrected chi connectivity index (χ2v) is 7.47. The number of aromatic nitrogens is 4. The van der Waals surface area contributed by atoms with Crippen molar-refractivity contribution in [3.8, 4) is 0 Å². The van der Waals surface area contributed by atoms with Gasteiger partial charge in [0.15, 0.2) is 5.65 Å². The summed E-state index contributed by atoms with van der Waals surface area (Å²) in [5.74, 6) is 1.44. The lowest BCUT2D eigenvalue weighted by molar-refractivity contribution is 0.0378. The Kier molecular flexibility index (Phi) is 6.21. The molecule has 1 fully saturated rings. The Morgan fingerprint density at radius 3 is 2.66 bits per heavy atom. The molecule has 0 radical (unpaired) electrons. The minimum atomic E-state index is 0.634. The minimum Gasteiger partial charge on any atom is -0.379 e. The number of hydrogen-bond acceptors (Lipinski definition) is 7. The predicted octanol–water partition coefficient (Wildman–Crippen LogP) is 2.42. The molecule has 1 aliphatic heterocycles. The SMILES string of the molecule is Cc1ccc(CNc2nc(NCCCN3CCOCC3)nc3c2cnn3C)cc1. The van der Waals surface area contributed by atoms with E-state index in [9.17, 15) is 0 Å². The summed E-state index contributed by atoms with van der Waals surface area (Å²) in [6, 6.07) is 8.51. The van der Waals surface area contributed by atoms with E-state index in [4.69, 9.17) is 9.72 Å². The van der Waals surface area contributed by atoms with Crippen LogP contribution in [-0.4, -0.2) is 64.0 Å². The number of hydrogen-bond donors (Lipinski definition) is 2. The Balaban J connectivity index is 1.40. The summed E-state index contributed by atoms with van der Waals surface area (Å²) in [5, 5.41) is 12.1. The first-order valence-electron chi connectivity index (χ1n) is 10.2. The third-order valence-electron chi connectivity index (χ3n) is 5.21. The molecule has 154 valence electrons. The molecule has 3 aromatic rings. The number of ether oxygens (including phenoxy) is 1. The van der Waals surface area contributed by atoms with Gasteiger partial charge < -0.3 is 15.4 Å². The van der Waals surface area contributed by atoms with Crippen LogP contribution in [0.25, 0.3) is 11.0 Å². The van der Waals surface area contributed by atoms with E-state index >= 15 is 0 Å². The van der Waals surface area contributed by atoms with Gasteiger partial charge in [-0.15, -0.1) is 0 Å². The van der Waals surface area contributed by atoms with Crippen LogP contribution in [0.2, 0.25) is 0 Å². The van der Waals surface area contributed by atoms with E-state index in [1.807, 2.05) is 13.2 Å². The maximum Gasteiger partial charge on any atom is 0.226 e. The van der Waals surface area contributed by atoms with Gasteiger partial charge in [0, 0.05) is 33.2 Å². The molecule has 1 saturated heterocycles. The number of benzene rings is 1. The normalized spacial score (nSPS) is 15.0. The second-order valence-electron chi connectivity index (χ2n) is 7.47. The summed E-state index contributed by atoms with van der Waals surface area (Å²) in [7, 11) is 1.90. The predicted molar refractivity (Wildman–Crippen MR) is 115 cm³/mol. The number of nitrogens with one attached hydrogen (secondary N) is 2. The quantitative estimate of drug-likeness (QED) is 0.567. The summed E-state index contributed by atoms with van der Waals surface area (Å²) < 4.78 is 7.19. The van der Waals surface area contributed by atoms with Crippen molar-refractivity contribution < 1.29 is 4.74 Å². The summed E-state index contributed by atoms with van der Waals surface area (Å²) in [6.07, 6.45) is 2.86. The highest BCUT2D eigenvalue weighted by atomic mass is 16.5. The number of rotatable bonds is 8. The van der Waals surface area contributed by atoms with Crippen LogP contribution in [0.3, 0.4) is 0 Å². The van der Waals surface area contributed by atoms with Crippen molar-refractivity contribution in [2.24, 2.45) is 7.05 Å². The fourth-order valence-electron chi connectivity index (χ4n) is 3.46. The molecule has 0 amide bonds. The van der Waals surface area contributed by atoms with Crippen molar-refractivity contribution >= 4 is 22.8 Å². The van der Waals surface area contributed by atoms with Gasteiger partial charge in [-0.2, -0.15) is 15.1 Å². The fourth-order valence-corrected chi connectivity index (χ4v) is 3.46. The Labute approximate surface area is 171 Å². The third kappa shape index (κ3) is 5.02. The Bertz CT molecular complexity index is 932. The topological polar surface area (TPSA) is 80.1 Å². The molecule has 0 spiro atoms. The van der Waals surface area contributed by atoms with E-state index in [2.05, 4.69) is 56.8 Å². The summed E-state index contributed by atoms with van der Waals surface area (Å²) >= 11 is 0. The van der Waals surface area contributed by atoms with Crippen LogP contribution in [0, 0.1) is 6.92 Å². The van der Waals surface area contributed by atoms with Crippen LogP contribution in [0.15, 0.2) is 30.5 Å². The number of fused-ring (bicyclic) bond motifs is 1. The van der Waals surface area contributed by atoms with Gasteiger partial charge in [-0.1, -0.05) is 29.8 Å². The van der Waals surface area contributed by atoms with Crippen molar-refractivity contribution in [2.75, 3.05) is 50.0 Å². The lowest BCUT2D eigenvalue weighted by Crippen LogP contribution is -2.37. The molecule has 1 aliphatic rings. The Hall–Kier alpha value is -2.71. The van der Waals surface area contributed by atoms with Crippen LogP contribution in [0.5, 0.6) is 0 Å². The number of aryl methyl sites for hydroxylation is 2. The molecule has 29 heavy (non-hydrogen) atoms. The molecule has 0 unspecified atom stereocenters. The molecule has 0 atom stereocenters. The van der Waals surface area contributed by atoms with E-state index in [1.165, 1.54) is 11.1 Å². The number of morpholine rings is 1.